The third kappa shape index (κ3) is 3.88. The molecule has 1 amide bonds. The number of nitrogens with one attached hydrogen (secondary N) is 1. The van der Waals surface area contributed by atoms with Crippen molar-refractivity contribution in [3.63, 3.8) is 0 Å². The molecule has 0 saturated carbocycles. The minimum Gasteiger partial charge on any atom is -0.376 e. The van der Waals surface area contributed by atoms with Crippen LogP contribution in [0.1, 0.15) is 34.7 Å². The molecule has 4 heterocycles. The van der Waals surface area contributed by atoms with Crippen LogP contribution in [-0.4, -0.2) is 44.7 Å². The number of hydrogen-bond donors (Lipinski definition) is 1. The number of aryl methyl sites for hydroxylation is 2. The Bertz CT molecular complexity index is 1030. The Labute approximate surface area is 166 Å². The van der Waals surface area contributed by atoms with Crippen LogP contribution in [0, 0.1) is 13.8 Å². The Morgan fingerprint density at radius 2 is 2.32 bits per heavy atom. The molecule has 28 heavy (non-hydrogen) atoms. The molecule has 1 N–H and O–H groups in total. The summed E-state index contributed by atoms with van der Waals surface area (Å²) in [6, 6.07) is 5.52. The predicted molar refractivity (Wildman–Crippen MR) is 108 cm³/mol. The van der Waals surface area contributed by atoms with E-state index in [4.69, 9.17) is 4.74 Å². The first-order chi connectivity index (χ1) is 13.5. The van der Waals surface area contributed by atoms with Gasteiger partial charge in [0.25, 0.3) is 5.56 Å². The minimum absolute atomic E-state index is 0.0470. The van der Waals surface area contributed by atoms with Crippen molar-refractivity contribution in [2.75, 3.05) is 13.2 Å². The third-order valence-electron chi connectivity index (χ3n) is 5.26. The quantitative estimate of drug-likeness (QED) is 0.689. The van der Waals surface area contributed by atoms with Crippen molar-refractivity contribution in [1.29, 1.82) is 0 Å². The lowest BCUT2D eigenvalue weighted by Gasteiger charge is -2.26. The second-order valence-corrected chi connectivity index (χ2v) is 8.27. The zero-order chi connectivity index (χ0) is 19.7. The summed E-state index contributed by atoms with van der Waals surface area (Å²) in [7, 11) is 0. The zero-order valence-corrected chi connectivity index (χ0v) is 16.9. The largest absolute Gasteiger partial charge is 0.376 e. The first-order valence-electron chi connectivity index (χ1n) is 9.51. The fourth-order valence-corrected chi connectivity index (χ4v) is 4.47. The maximum Gasteiger partial charge on any atom is 0.266 e. The van der Waals surface area contributed by atoms with E-state index in [1.165, 1.54) is 6.07 Å². The highest BCUT2D eigenvalue weighted by Gasteiger charge is 2.24. The number of aromatic amines is 1. The van der Waals surface area contributed by atoms with E-state index in [-0.39, 0.29) is 24.0 Å². The van der Waals surface area contributed by atoms with Gasteiger partial charge in [-0.05, 0) is 38.1 Å². The van der Waals surface area contributed by atoms with Crippen LogP contribution in [0.2, 0.25) is 0 Å². The van der Waals surface area contributed by atoms with E-state index in [0.717, 1.165) is 41.3 Å². The summed E-state index contributed by atoms with van der Waals surface area (Å²) in [4.78, 5) is 32.4. The molecule has 3 aromatic heterocycles. The normalized spacial score (nSPS) is 16.7. The molecule has 8 heteroatoms. The van der Waals surface area contributed by atoms with Crippen LogP contribution in [0.5, 0.6) is 0 Å². The number of fused-ring (bicyclic) bond motifs is 1. The molecule has 0 bridgehead atoms. The topological polar surface area (TPSA) is 79.7 Å². The number of amides is 1. The van der Waals surface area contributed by atoms with Crippen molar-refractivity contribution >= 4 is 22.9 Å². The van der Waals surface area contributed by atoms with Crippen LogP contribution in [0.25, 0.3) is 5.65 Å². The molecule has 1 fully saturated rings. The van der Waals surface area contributed by atoms with E-state index in [1.807, 2.05) is 30.2 Å². The van der Waals surface area contributed by atoms with Crippen LogP contribution in [-0.2, 0) is 22.5 Å². The van der Waals surface area contributed by atoms with Gasteiger partial charge in [-0.3, -0.25) is 14.7 Å². The van der Waals surface area contributed by atoms with Gasteiger partial charge in [-0.2, -0.15) is 0 Å². The summed E-state index contributed by atoms with van der Waals surface area (Å²) < 4.78 is 7.42. The lowest BCUT2D eigenvalue weighted by atomic mass is 10.1. The Morgan fingerprint density at radius 1 is 1.46 bits per heavy atom. The zero-order valence-electron chi connectivity index (χ0n) is 16.1. The molecule has 1 aliphatic heterocycles. The number of hydrogen-bond acceptors (Lipinski definition) is 5. The number of rotatable bonds is 6. The van der Waals surface area contributed by atoms with Crippen LogP contribution < -0.4 is 5.56 Å². The molecule has 0 spiro atoms. The van der Waals surface area contributed by atoms with E-state index in [1.54, 1.807) is 15.9 Å². The predicted octanol–water partition coefficient (Wildman–Crippen LogP) is 2.45. The molecule has 4 rings (SSSR count). The average Bonchev–Trinajstić information content (AvgIpc) is 3.40. The standard InChI is InChI=1S/C20H24N4O3S/c1-13-17(14(2)24-18(21-13)10-19(25)22-24)9-20(26)23(11-15-5-3-7-27-15)12-16-6-4-8-28-16/h4,6,8,10,15H,3,5,7,9,11-12H2,1-2H3,(H,22,25). The van der Waals surface area contributed by atoms with Gasteiger partial charge in [0, 0.05) is 41.0 Å². The molecule has 0 aliphatic carbocycles. The Balaban J connectivity index is 1.59. The number of H-pyrrole nitrogens is 1. The molecule has 0 radical (unpaired) electrons. The summed E-state index contributed by atoms with van der Waals surface area (Å²) in [6.45, 7) is 5.75. The van der Waals surface area contributed by atoms with Crippen LogP contribution in [0.15, 0.2) is 28.4 Å². The average molecular weight is 401 g/mol. The van der Waals surface area contributed by atoms with Gasteiger partial charge in [0.15, 0.2) is 5.65 Å². The van der Waals surface area contributed by atoms with Gasteiger partial charge in [0.05, 0.1) is 19.1 Å². The lowest BCUT2D eigenvalue weighted by Crippen LogP contribution is -2.38. The maximum atomic E-state index is 13.2. The van der Waals surface area contributed by atoms with Gasteiger partial charge in [0.1, 0.15) is 0 Å². The highest BCUT2D eigenvalue weighted by Crippen LogP contribution is 2.20. The molecule has 1 aliphatic rings. The second-order valence-electron chi connectivity index (χ2n) is 7.24. The molecule has 148 valence electrons. The first-order valence-corrected chi connectivity index (χ1v) is 10.4. The number of carbonyl (C=O) groups is 1. The van der Waals surface area contributed by atoms with Crippen molar-refractivity contribution in [3.8, 4) is 0 Å². The van der Waals surface area contributed by atoms with Crippen LogP contribution in [0.3, 0.4) is 0 Å². The molecule has 1 unspecified atom stereocenters. The maximum absolute atomic E-state index is 13.2. The highest BCUT2D eigenvalue weighted by molar-refractivity contribution is 7.09. The first kappa shape index (κ1) is 18.9. The van der Waals surface area contributed by atoms with Gasteiger partial charge >= 0.3 is 0 Å². The molecule has 1 saturated heterocycles. The Kier molecular flexibility index (Phi) is 5.32. The van der Waals surface area contributed by atoms with Crippen molar-refractivity contribution in [2.24, 2.45) is 0 Å². The molecule has 1 atom stereocenters. The van der Waals surface area contributed by atoms with Crippen molar-refractivity contribution < 1.29 is 9.53 Å². The smallest absolute Gasteiger partial charge is 0.266 e. The number of carbonyl (C=O) groups excluding carboxylic acids is 1. The SMILES string of the molecule is Cc1nc2cc(=O)[nH]n2c(C)c1CC(=O)N(Cc1cccs1)CC1CCCO1. The summed E-state index contributed by atoms with van der Waals surface area (Å²) in [5, 5.41) is 4.77. The van der Waals surface area contributed by atoms with Crippen LogP contribution >= 0.6 is 11.3 Å². The molecular weight excluding hydrogens is 376 g/mol. The van der Waals surface area contributed by atoms with Crippen molar-refractivity contribution in [3.05, 3.63) is 55.8 Å². The highest BCUT2D eigenvalue weighted by atomic mass is 32.1. The summed E-state index contributed by atoms with van der Waals surface area (Å²) >= 11 is 1.65. The Hall–Kier alpha value is -2.45. The van der Waals surface area contributed by atoms with E-state index >= 15 is 0 Å². The van der Waals surface area contributed by atoms with Gasteiger partial charge in [-0.15, -0.1) is 11.3 Å². The number of aromatic nitrogens is 3. The molecule has 7 nitrogen and oxygen atoms in total. The number of nitrogens with zero attached hydrogens (tertiary/aromatic N) is 3. The molecule has 3 aromatic rings. The van der Waals surface area contributed by atoms with Crippen molar-refractivity contribution in [2.45, 2.75) is 45.8 Å². The van der Waals surface area contributed by atoms with Crippen molar-refractivity contribution in [1.82, 2.24) is 19.5 Å². The summed E-state index contributed by atoms with van der Waals surface area (Å²) in [5.74, 6) is 0.0470. The molecule has 0 aromatic carbocycles. The lowest BCUT2D eigenvalue weighted by molar-refractivity contribution is -0.132. The van der Waals surface area contributed by atoms with E-state index in [9.17, 15) is 9.59 Å². The number of ether oxygens (including phenoxy) is 1. The van der Waals surface area contributed by atoms with E-state index in [2.05, 4.69) is 16.1 Å². The second kappa shape index (κ2) is 7.89. The van der Waals surface area contributed by atoms with Gasteiger partial charge < -0.3 is 9.64 Å². The monoisotopic (exact) mass is 400 g/mol. The van der Waals surface area contributed by atoms with Gasteiger partial charge in [-0.1, -0.05) is 6.07 Å². The molecular formula is C20H24N4O3S. The third-order valence-corrected chi connectivity index (χ3v) is 6.12. The van der Waals surface area contributed by atoms with Crippen LogP contribution in [0.4, 0.5) is 0 Å². The summed E-state index contributed by atoms with van der Waals surface area (Å²) in [6.07, 6.45) is 2.39. The van der Waals surface area contributed by atoms with Gasteiger partial charge in [-0.25, -0.2) is 9.50 Å². The minimum atomic E-state index is -0.198. The van der Waals surface area contributed by atoms with E-state index in [0.29, 0.717) is 18.7 Å². The fraction of sp³-hybridized carbons (Fsp3) is 0.450. The fourth-order valence-electron chi connectivity index (χ4n) is 3.75. The Morgan fingerprint density at radius 3 is 3.04 bits per heavy atom. The number of thiophene rings is 1. The van der Waals surface area contributed by atoms with Gasteiger partial charge in [0.2, 0.25) is 5.91 Å². The summed E-state index contributed by atoms with van der Waals surface area (Å²) in [5.41, 5.74) is 2.85. The van der Waals surface area contributed by atoms with E-state index < -0.39 is 0 Å².